The fourth-order valence-electron chi connectivity index (χ4n) is 3.00. The van der Waals surface area contributed by atoms with Gasteiger partial charge in [0.15, 0.2) is 0 Å². The van der Waals surface area contributed by atoms with Crippen molar-refractivity contribution in [3.8, 4) is 0 Å². The highest BCUT2D eigenvalue weighted by molar-refractivity contribution is 6.05. The van der Waals surface area contributed by atoms with Gasteiger partial charge in [0.05, 0.1) is 0 Å². The second-order valence-corrected chi connectivity index (χ2v) is 7.03. The number of pyridine rings is 2. The van der Waals surface area contributed by atoms with E-state index < -0.39 is 0 Å². The lowest BCUT2D eigenvalue weighted by molar-refractivity contribution is 0.0796. The van der Waals surface area contributed by atoms with Crippen LogP contribution in [0.2, 0.25) is 0 Å². The van der Waals surface area contributed by atoms with Crippen molar-refractivity contribution < 1.29 is 9.59 Å². The molecule has 0 saturated heterocycles. The zero-order valence-corrected chi connectivity index (χ0v) is 16.8. The molecule has 1 N–H and O–H groups in total. The predicted molar refractivity (Wildman–Crippen MR) is 113 cm³/mol. The molecule has 0 fully saturated rings. The Kier molecular flexibility index (Phi) is 6.34. The van der Waals surface area contributed by atoms with Crippen LogP contribution in [0.25, 0.3) is 0 Å². The topological polar surface area (TPSA) is 75.2 Å². The van der Waals surface area contributed by atoms with Gasteiger partial charge in [0.1, 0.15) is 5.69 Å². The number of hydrogen-bond donors (Lipinski definition) is 1. The minimum Gasteiger partial charge on any atom is -0.341 e. The molecule has 6 nitrogen and oxygen atoms in total. The minimum absolute atomic E-state index is 0.151. The number of aryl methyl sites for hydroxylation is 2. The Labute approximate surface area is 170 Å². The molecule has 148 valence electrons. The van der Waals surface area contributed by atoms with Gasteiger partial charge < -0.3 is 10.2 Å². The molecule has 0 aliphatic heterocycles. The Bertz CT molecular complexity index is 1020. The van der Waals surface area contributed by atoms with Crippen molar-refractivity contribution in [2.45, 2.75) is 20.3 Å². The van der Waals surface area contributed by atoms with Crippen molar-refractivity contribution in [1.82, 2.24) is 14.9 Å². The Morgan fingerprint density at radius 3 is 2.48 bits per heavy atom. The van der Waals surface area contributed by atoms with Crippen LogP contribution in [0.3, 0.4) is 0 Å². The fourth-order valence-corrected chi connectivity index (χ4v) is 3.00. The molecule has 2 aromatic heterocycles. The van der Waals surface area contributed by atoms with E-state index in [1.165, 1.54) is 12.3 Å². The number of carbonyl (C=O) groups is 2. The molecule has 3 aromatic rings. The van der Waals surface area contributed by atoms with Crippen LogP contribution in [0.5, 0.6) is 0 Å². The standard InChI is InChI=1S/C23H24N4O2/c1-16-4-5-20(17(2)14-16)26-22(28)21-15-19(8-12-25-21)23(29)27(3)13-9-18-6-10-24-11-7-18/h4-8,10-12,14-15H,9,13H2,1-3H3,(H,26,28). The molecule has 0 atom stereocenters. The van der Waals surface area contributed by atoms with E-state index in [2.05, 4.69) is 15.3 Å². The molecule has 1 aromatic carbocycles. The monoisotopic (exact) mass is 388 g/mol. The van der Waals surface area contributed by atoms with E-state index in [0.29, 0.717) is 12.1 Å². The maximum atomic E-state index is 12.7. The lowest BCUT2D eigenvalue weighted by Gasteiger charge is -2.17. The molecule has 0 unspecified atom stereocenters. The van der Waals surface area contributed by atoms with Gasteiger partial charge in [0, 0.05) is 43.4 Å². The first-order valence-electron chi connectivity index (χ1n) is 9.43. The average Bonchev–Trinajstić information content (AvgIpc) is 2.74. The van der Waals surface area contributed by atoms with E-state index in [4.69, 9.17) is 0 Å². The van der Waals surface area contributed by atoms with Crippen molar-refractivity contribution in [3.63, 3.8) is 0 Å². The van der Waals surface area contributed by atoms with Gasteiger partial charge in [-0.2, -0.15) is 0 Å². The normalized spacial score (nSPS) is 10.4. The molecule has 29 heavy (non-hydrogen) atoms. The van der Waals surface area contributed by atoms with Crippen molar-refractivity contribution >= 4 is 17.5 Å². The molecule has 0 radical (unpaired) electrons. The molecule has 2 amide bonds. The van der Waals surface area contributed by atoms with Crippen LogP contribution >= 0.6 is 0 Å². The highest BCUT2D eigenvalue weighted by Gasteiger charge is 2.16. The summed E-state index contributed by atoms with van der Waals surface area (Å²) in [7, 11) is 1.75. The number of rotatable bonds is 6. The third kappa shape index (κ3) is 5.25. The largest absolute Gasteiger partial charge is 0.341 e. The van der Waals surface area contributed by atoms with Gasteiger partial charge in [-0.25, -0.2) is 0 Å². The number of anilines is 1. The Morgan fingerprint density at radius 1 is 1.00 bits per heavy atom. The molecule has 6 heteroatoms. The number of carbonyl (C=O) groups excluding carboxylic acids is 2. The summed E-state index contributed by atoms with van der Waals surface area (Å²) in [4.78, 5) is 35.1. The number of aromatic nitrogens is 2. The Hall–Kier alpha value is -3.54. The Morgan fingerprint density at radius 2 is 1.76 bits per heavy atom. The van der Waals surface area contributed by atoms with Gasteiger partial charge in [-0.15, -0.1) is 0 Å². The van der Waals surface area contributed by atoms with E-state index >= 15 is 0 Å². The first-order chi connectivity index (χ1) is 13.9. The maximum absolute atomic E-state index is 12.7. The van der Waals surface area contributed by atoms with E-state index in [1.54, 1.807) is 30.4 Å². The summed E-state index contributed by atoms with van der Waals surface area (Å²) in [6, 6.07) is 12.8. The summed E-state index contributed by atoms with van der Waals surface area (Å²) in [5.74, 6) is -0.493. The van der Waals surface area contributed by atoms with Gasteiger partial charge in [0.2, 0.25) is 0 Å². The van der Waals surface area contributed by atoms with Crippen molar-refractivity contribution in [3.05, 3.63) is 89.0 Å². The third-order valence-corrected chi connectivity index (χ3v) is 4.70. The molecule has 0 spiro atoms. The summed E-state index contributed by atoms with van der Waals surface area (Å²) >= 11 is 0. The number of hydrogen-bond acceptors (Lipinski definition) is 4. The maximum Gasteiger partial charge on any atom is 0.274 e. The van der Waals surface area contributed by atoms with E-state index in [9.17, 15) is 9.59 Å². The van der Waals surface area contributed by atoms with Crippen LogP contribution in [0.15, 0.2) is 61.1 Å². The van der Waals surface area contributed by atoms with Crippen LogP contribution in [0.4, 0.5) is 5.69 Å². The van der Waals surface area contributed by atoms with Gasteiger partial charge in [-0.3, -0.25) is 19.6 Å². The van der Waals surface area contributed by atoms with E-state index in [0.717, 1.165) is 28.8 Å². The second kappa shape index (κ2) is 9.10. The Balaban J connectivity index is 1.67. The van der Waals surface area contributed by atoms with Crippen molar-refractivity contribution in [2.24, 2.45) is 0 Å². The SMILES string of the molecule is Cc1ccc(NC(=O)c2cc(C(=O)N(C)CCc3ccncc3)ccn2)c(C)c1. The molecular formula is C23H24N4O2. The van der Waals surface area contributed by atoms with Crippen molar-refractivity contribution in [2.75, 3.05) is 18.9 Å². The van der Waals surface area contributed by atoms with Crippen LogP contribution in [-0.4, -0.2) is 40.3 Å². The minimum atomic E-state index is -0.342. The lowest BCUT2D eigenvalue weighted by atomic mass is 10.1. The zero-order valence-electron chi connectivity index (χ0n) is 16.8. The molecule has 0 aliphatic carbocycles. The quantitative estimate of drug-likeness (QED) is 0.699. The van der Waals surface area contributed by atoms with Gasteiger partial charge in [-0.1, -0.05) is 17.7 Å². The van der Waals surface area contributed by atoms with Crippen LogP contribution in [0.1, 0.15) is 37.5 Å². The molecule has 0 bridgehead atoms. The zero-order chi connectivity index (χ0) is 20.8. The summed E-state index contributed by atoms with van der Waals surface area (Å²) < 4.78 is 0. The number of benzene rings is 1. The van der Waals surface area contributed by atoms with Gasteiger partial charge in [0.25, 0.3) is 11.8 Å². The van der Waals surface area contributed by atoms with Crippen LogP contribution in [-0.2, 0) is 6.42 Å². The molecular weight excluding hydrogens is 364 g/mol. The third-order valence-electron chi connectivity index (χ3n) is 4.70. The summed E-state index contributed by atoms with van der Waals surface area (Å²) in [6.45, 7) is 4.50. The van der Waals surface area contributed by atoms with Crippen molar-refractivity contribution in [1.29, 1.82) is 0 Å². The predicted octanol–water partition coefficient (Wildman–Crippen LogP) is 3.66. The number of amides is 2. The summed E-state index contributed by atoms with van der Waals surface area (Å²) in [5.41, 5.74) is 4.58. The van der Waals surface area contributed by atoms with E-state index in [-0.39, 0.29) is 17.5 Å². The molecule has 0 aliphatic rings. The number of nitrogens with one attached hydrogen (secondary N) is 1. The van der Waals surface area contributed by atoms with Crippen LogP contribution in [0, 0.1) is 13.8 Å². The van der Waals surface area contributed by atoms with Crippen LogP contribution < -0.4 is 5.32 Å². The molecule has 2 heterocycles. The summed E-state index contributed by atoms with van der Waals surface area (Å²) in [6.07, 6.45) is 5.69. The summed E-state index contributed by atoms with van der Waals surface area (Å²) in [5, 5.41) is 2.86. The molecule has 3 rings (SSSR count). The highest BCUT2D eigenvalue weighted by Crippen LogP contribution is 2.17. The lowest BCUT2D eigenvalue weighted by Crippen LogP contribution is -2.29. The molecule has 0 saturated carbocycles. The fraction of sp³-hybridized carbons (Fsp3) is 0.217. The highest BCUT2D eigenvalue weighted by atomic mass is 16.2. The number of likely N-dealkylation sites (N-methyl/N-ethyl adjacent to an activating group) is 1. The van der Waals surface area contributed by atoms with Gasteiger partial charge >= 0.3 is 0 Å². The average molecular weight is 388 g/mol. The van der Waals surface area contributed by atoms with E-state index in [1.807, 2.05) is 44.2 Å². The van der Waals surface area contributed by atoms with Gasteiger partial charge in [-0.05, 0) is 61.7 Å². The first-order valence-corrected chi connectivity index (χ1v) is 9.43. The first kappa shape index (κ1) is 20.2. The number of nitrogens with zero attached hydrogens (tertiary/aromatic N) is 3. The second-order valence-electron chi connectivity index (χ2n) is 7.03. The smallest absolute Gasteiger partial charge is 0.274 e.